The third kappa shape index (κ3) is 3.79. The first-order chi connectivity index (χ1) is 10.9. The van der Waals surface area contributed by atoms with Crippen LogP contribution in [0.3, 0.4) is 0 Å². The number of ether oxygens (including phenoxy) is 1. The fraction of sp³-hybridized carbons (Fsp3) is 0.176. The topological polar surface area (TPSA) is 86.5 Å². The van der Waals surface area contributed by atoms with Gasteiger partial charge in [-0.3, -0.25) is 14.9 Å². The van der Waals surface area contributed by atoms with Crippen LogP contribution in [0.15, 0.2) is 42.5 Å². The Hall–Kier alpha value is -3.02. The van der Waals surface area contributed by atoms with Crippen LogP contribution in [-0.4, -0.2) is 23.3 Å². The van der Waals surface area contributed by atoms with Gasteiger partial charge in [0.1, 0.15) is 0 Å². The Kier molecular flexibility index (Phi) is 4.85. The third-order valence-electron chi connectivity index (χ3n) is 3.43. The molecular formula is C17H15NO5. The SMILES string of the molecule is Cc1ccccc1C(=O)OCC(=O)c1ccc(C)c([N+](=O)[O-])c1. The summed E-state index contributed by atoms with van der Waals surface area (Å²) in [5, 5.41) is 10.9. The molecule has 0 bridgehead atoms. The molecule has 0 radical (unpaired) electrons. The van der Waals surface area contributed by atoms with E-state index >= 15 is 0 Å². The Labute approximate surface area is 132 Å². The Morgan fingerprint density at radius 1 is 1.09 bits per heavy atom. The average molecular weight is 313 g/mol. The molecule has 0 amide bonds. The van der Waals surface area contributed by atoms with Crippen molar-refractivity contribution in [2.24, 2.45) is 0 Å². The number of aryl methyl sites for hydroxylation is 2. The van der Waals surface area contributed by atoms with Gasteiger partial charge in [-0.1, -0.05) is 30.3 Å². The van der Waals surface area contributed by atoms with Gasteiger partial charge in [0.25, 0.3) is 5.69 Å². The smallest absolute Gasteiger partial charge is 0.338 e. The van der Waals surface area contributed by atoms with E-state index in [9.17, 15) is 19.7 Å². The summed E-state index contributed by atoms with van der Waals surface area (Å²) < 4.78 is 5.00. The minimum atomic E-state index is -0.599. The second-order valence-corrected chi connectivity index (χ2v) is 5.07. The van der Waals surface area contributed by atoms with Crippen LogP contribution < -0.4 is 0 Å². The van der Waals surface area contributed by atoms with Gasteiger partial charge in [-0.05, 0) is 25.5 Å². The monoisotopic (exact) mass is 313 g/mol. The van der Waals surface area contributed by atoms with Crippen LogP contribution in [0.25, 0.3) is 0 Å². The summed E-state index contributed by atoms with van der Waals surface area (Å²) in [6.07, 6.45) is 0. The first-order valence-electron chi connectivity index (χ1n) is 6.91. The highest BCUT2D eigenvalue weighted by Gasteiger charge is 2.17. The van der Waals surface area contributed by atoms with Crippen LogP contribution in [0, 0.1) is 24.0 Å². The van der Waals surface area contributed by atoms with Crippen LogP contribution in [0.1, 0.15) is 31.8 Å². The summed E-state index contributed by atoms with van der Waals surface area (Å²) in [4.78, 5) is 34.3. The summed E-state index contributed by atoms with van der Waals surface area (Å²) in [5.74, 6) is -1.09. The summed E-state index contributed by atoms with van der Waals surface area (Å²) >= 11 is 0. The van der Waals surface area contributed by atoms with Gasteiger partial charge in [0.2, 0.25) is 5.78 Å². The van der Waals surface area contributed by atoms with Gasteiger partial charge in [0.15, 0.2) is 6.61 Å². The molecule has 2 rings (SSSR count). The van der Waals surface area contributed by atoms with Crippen LogP contribution in [0.5, 0.6) is 0 Å². The molecule has 0 spiro atoms. The summed E-state index contributed by atoms with van der Waals surface area (Å²) in [6.45, 7) is 2.89. The molecular weight excluding hydrogens is 298 g/mol. The number of carbonyl (C=O) groups excluding carboxylic acids is 2. The maximum atomic E-state index is 12.1. The highest BCUT2D eigenvalue weighted by Crippen LogP contribution is 2.19. The summed E-state index contributed by atoms with van der Waals surface area (Å²) in [6, 6.07) is 11.0. The van der Waals surface area contributed by atoms with Gasteiger partial charge in [-0.2, -0.15) is 0 Å². The minimum absolute atomic E-state index is 0.138. The van der Waals surface area contributed by atoms with Gasteiger partial charge in [-0.15, -0.1) is 0 Å². The van der Waals surface area contributed by atoms with Crippen molar-refractivity contribution in [1.82, 2.24) is 0 Å². The maximum Gasteiger partial charge on any atom is 0.338 e. The molecule has 6 nitrogen and oxygen atoms in total. The van der Waals surface area contributed by atoms with E-state index in [2.05, 4.69) is 0 Å². The number of nitrogens with zero attached hydrogens (tertiary/aromatic N) is 1. The number of hydrogen-bond donors (Lipinski definition) is 0. The molecule has 0 aliphatic heterocycles. The zero-order valence-electron chi connectivity index (χ0n) is 12.7. The van der Waals surface area contributed by atoms with Gasteiger partial charge >= 0.3 is 5.97 Å². The van der Waals surface area contributed by atoms with Crippen LogP contribution in [0.2, 0.25) is 0 Å². The van der Waals surface area contributed by atoms with E-state index in [1.807, 2.05) is 0 Å². The molecule has 2 aromatic carbocycles. The van der Waals surface area contributed by atoms with E-state index < -0.39 is 23.3 Å². The molecule has 0 aliphatic rings. The summed E-state index contributed by atoms with van der Waals surface area (Å²) in [7, 11) is 0. The number of rotatable bonds is 5. The Balaban J connectivity index is 2.08. The number of nitro groups is 1. The lowest BCUT2D eigenvalue weighted by molar-refractivity contribution is -0.385. The molecule has 0 unspecified atom stereocenters. The first kappa shape index (κ1) is 16.4. The van der Waals surface area contributed by atoms with Crippen molar-refractivity contribution in [3.63, 3.8) is 0 Å². The number of hydrogen-bond acceptors (Lipinski definition) is 5. The molecule has 0 saturated heterocycles. The lowest BCUT2D eigenvalue weighted by Gasteiger charge is -2.07. The second kappa shape index (κ2) is 6.83. The number of Topliss-reactive ketones (excluding diaryl/α,β-unsaturated/α-hetero) is 1. The number of carbonyl (C=O) groups is 2. The lowest BCUT2D eigenvalue weighted by atomic mass is 10.1. The quantitative estimate of drug-likeness (QED) is 0.366. The van der Waals surface area contributed by atoms with Gasteiger partial charge < -0.3 is 4.74 Å². The van der Waals surface area contributed by atoms with Crippen LogP contribution in [-0.2, 0) is 4.74 Å². The highest BCUT2D eigenvalue weighted by atomic mass is 16.6. The van der Waals surface area contributed by atoms with Crippen LogP contribution >= 0.6 is 0 Å². The standard InChI is InChI=1S/C17H15NO5/c1-11-5-3-4-6-14(11)17(20)23-10-16(19)13-8-7-12(2)15(9-13)18(21)22/h3-9H,10H2,1-2H3. The normalized spacial score (nSPS) is 10.2. The average Bonchev–Trinajstić information content (AvgIpc) is 2.52. The molecule has 0 aliphatic carbocycles. The summed E-state index contributed by atoms with van der Waals surface area (Å²) in [5.41, 5.74) is 1.59. The zero-order chi connectivity index (χ0) is 17.0. The maximum absolute atomic E-state index is 12.1. The van der Waals surface area contributed by atoms with Crippen molar-refractivity contribution in [3.8, 4) is 0 Å². The third-order valence-corrected chi connectivity index (χ3v) is 3.43. The molecule has 0 atom stereocenters. The van der Waals surface area contributed by atoms with E-state index in [0.29, 0.717) is 11.1 Å². The second-order valence-electron chi connectivity index (χ2n) is 5.07. The van der Waals surface area contributed by atoms with E-state index in [4.69, 9.17) is 4.74 Å². The van der Waals surface area contributed by atoms with Crippen molar-refractivity contribution < 1.29 is 19.2 Å². The van der Waals surface area contributed by atoms with E-state index in [1.54, 1.807) is 38.1 Å². The fourth-order valence-electron chi connectivity index (χ4n) is 2.07. The molecule has 0 aromatic heterocycles. The molecule has 0 N–H and O–H groups in total. The molecule has 118 valence electrons. The van der Waals surface area contributed by atoms with Crippen molar-refractivity contribution in [1.29, 1.82) is 0 Å². The molecule has 23 heavy (non-hydrogen) atoms. The van der Waals surface area contributed by atoms with E-state index in [1.165, 1.54) is 18.2 Å². The molecule has 2 aromatic rings. The predicted octanol–water partition coefficient (Wildman–Crippen LogP) is 3.25. The van der Waals surface area contributed by atoms with Crippen LogP contribution in [0.4, 0.5) is 5.69 Å². The molecule has 0 heterocycles. The lowest BCUT2D eigenvalue weighted by Crippen LogP contribution is -2.15. The Morgan fingerprint density at radius 2 is 1.78 bits per heavy atom. The fourth-order valence-corrected chi connectivity index (χ4v) is 2.07. The number of ketones is 1. The number of esters is 1. The highest BCUT2D eigenvalue weighted by molar-refractivity contribution is 6.00. The van der Waals surface area contributed by atoms with E-state index in [0.717, 1.165) is 5.56 Å². The van der Waals surface area contributed by atoms with Crippen molar-refractivity contribution >= 4 is 17.4 Å². The predicted molar refractivity (Wildman–Crippen MR) is 83.6 cm³/mol. The van der Waals surface area contributed by atoms with Crippen molar-refractivity contribution in [2.45, 2.75) is 13.8 Å². The van der Waals surface area contributed by atoms with Gasteiger partial charge in [0.05, 0.1) is 10.5 Å². The van der Waals surface area contributed by atoms with Gasteiger partial charge in [-0.25, -0.2) is 4.79 Å². The number of nitro benzene ring substituents is 1. The van der Waals surface area contributed by atoms with Crippen molar-refractivity contribution in [2.75, 3.05) is 6.61 Å². The Morgan fingerprint density at radius 3 is 2.43 bits per heavy atom. The molecule has 0 fully saturated rings. The Bertz CT molecular complexity index is 782. The van der Waals surface area contributed by atoms with Crippen molar-refractivity contribution in [3.05, 3.63) is 74.8 Å². The number of benzene rings is 2. The zero-order valence-corrected chi connectivity index (χ0v) is 12.7. The molecule has 0 saturated carbocycles. The largest absolute Gasteiger partial charge is 0.454 e. The van der Waals surface area contributed by atoms with Gasteiger partial charge in [0, 0.05) is 17.2 Å². The molecule has 6 heteroatoms. The first-order valence-corrected chi connectivity index (χ1v) is 6.91. The van der Waals surface area contributed by atoms with E-state index in [-0.39, 0.29) is 11.3 Å². The minimum Gasteiger partial charge on any atom is -0.454 e.